The van der Waals surface area contributed by atoms with Gasteiger partial charge in [0.05, 0.1) is 15.6 Å². The van der Waals surface area contributed by atoms with Crippen LogP contribution in [0, 0.1) is 16.0 Å². The number of aromatic nitrogens is 2. The molecule has 0 aliphatic rings. The molecule has 0 bridgehead atoms. The van der Waals surface area contributed by atoms with E-state index >= 15 is 0 Å². The Hall–Kier alpha value is -0.740. The third-order valence-electron chi connectivity index (χ3n) is 2.04. The number of hydrogen-bond donors (Lipinski definition) is 3. The first-order valence-corrected chi connectivity index (χ1v) is 5.77. The molecule has 2 aromatic heterocycles. The van der Waals surface area contributed by atoms with Crippen molar-refractivity contribution in [1.82, 2.24) is 9.97 Å². The summed E-state index contributed by atoms with van der Waals surface area (Å²) in [5.74, 6) is 0. The predicted octanol–water partition coefficient (Wildman–Crippen LogP) is 3.39. The maximum atomic E-state index is 8.86. The predicted molar refractivity (Wildman–Crippen MR) is 71.2 cm³/mol. The van der Waals surface area contributed by atoms with Gasteiger partial charge in [-0.2, -0.15) is 5.26 Å². The molecule has 0 saturated heterocycles. The van der Waals surface area contributed by atoms with Crippen LogP contribution in [0.4, 0.5) is 0 Å². The molecule has 16 heavy (non-hydrogen) atoms. The van der Waals surface area contributed by atoms with Crippen LogP contribution in [0.2, 0.25) is 5.02 Å². The molecule has 0 fully saturated rings. The van der Waals surface area contributed by atoms with Gasteiger partial charge in [-0.05, 0) is 0 Å². The molecule has 0 saturated carbocycles. The van der Waals surface area contributed by atoms with Crippen molar-refractivity contribution in [2.24, 2.45) is 0 Å². The van der Waals surface area contributed by atoms with Crippen molar-refractivity contribution in [3.8, 4) is 6.07 Å². The molecule has 80 valence electrons. The molecule has 0 atom stereocenters. The number of rotatable bonds is 0. The van der Waals surface area contributed by atoms with E-state index in [1.54, 1.807) is 0 Å². The van der Waals surface area contributed by atoms with E-state index in [-0.39, 0.29) is 5.56 Å². The maximum Gasteiger partial charge on any atom is 0.118 e. The highest BCUT2D eigenvalue weighted by atomic mass is 35.5. The summed E-state index contributed by atoms with van der Waals surface area (Å²) >= 11 is 19.6. The Morgan fingerprint density at radius 1 is 1.50 bits per heavy atom. The van der Waals surface area contributed by atoms with Crippen LogP contribution in [-0.2, 0) is 0 Å². The topological polar surface area (TPSA) is 52.5 Å². The second-order valence-corrected chi connectivity index (χ2v) is 4.65. The third kappa shape index (κ3) is 1.70. The highest BCUT2D eigenvalue weighted by Gasteiger charge is 2.12. The minimum Gasteiger partial charge on any atom is -0.339 e. The molecule has 3 nitrogen and oxygen atoms in total. The van der Waals surface area contributed by atoms with E-state index < -0.39 is 0 Å². The zero-order chi connectivity index (χ0) is 11.9. The monoisotopic (exact) mass is 285 g/mol. The lowest BCUT2D eigenvalue weighted by molar-refractivity contribution is 1.09. The Morgan fingerprint density at radius 2 is 2.19 bits per heavy atom. The molecule has 7 heteroatoms. The van der Waals surface area contributed by atoms with Crippen molar-refractivity contribution in [3.05, 3.63) is 21.4 Å². The smallest absolute Gasteiger partial charge is 0.118 e. The van der Waals surface area contributed by atoms with Crippen molar-refractivity contribution in [3.63, 3.8) is 0 Å². The van der Waals surface area contributed by atoms with Crippen LogP contribution in [0.15, 0.2) is 16.1 Å². The summed E-state index contributed by atoms with van der Waals surface area (Å²) in [5.41, 5.74) is 0.837. The van der Waals surface area contributed by atoms with Gasteiger partial charge in [0.25, 0.3) is 0 Å². The van der Waals surface area contributed by atoms with Crippen molar-refractivity contribution in [2.75, 3.05) is 0 Å². The number of nitrogens with zero attached hydrogens (tertiary/aromatic N) is 2. The Balaban J connectivity index is 3.10. The molecular formula is C9H4ClN3S3. The van der Waals surface area contributed by atoms with E-state index in [1.807, 2.05) is 6.07 Å². The van der Waals surface area contributed by atoms with E-state index in [9.17, 15) is 0 Å². The van der Waals surface area contributed by atoms with Gasteiger partial charge in [0.15, 0.2) is 0 Å². The normalized spacial score (nSPS) is 10.4. The molecule has 0 radical (unpaired) electrons. The molecule has 0 aliphatic carbocycles. The first kappa shape index (κ1) is 11.7. The Morgan fingerprint density at radius 3 is 2.81 bits per heavy atom. The highest BCUT2D eigenvalue weighted by Crippen LogP contribution is 2.33. The van der Waals surface area contributed by atoms with Crippen molar-refractivity contribution >= 4 is 60.0 Å². The van der Waals surface area contributed by atoms with E-state index in [0.717, 1.165) is 0 Å². The zero-order valence-corrected chi connectivity index (χ0v) is 11.0. The van der Waals surface area contributed by atoms with Gasteiger partial charge in [-0.15, -0.1) is 25.3 Å². The summed E-state index contributed by atoms with van der Waals surface area (Å²) in [7, 11) is 0. The number of aromatic amines is 1. The number of pyridine rings is 2. The minimum atomic E-state index is 0.290. The summed E-state index contributed by atoms with van der Waals surface area (Å²) in [6, 6.07) is 1.96. The van der Waals surface area contributed by atoms with Gasteiger partial charge in [0.1, 0.15) is 16.2 Å². The molecule has 2 aromatic rings. The van der Waals surface area contributed by atoms with Gasteiger partial charge in [0, 0.05) is 16.5 Å². The molecule has 2 heterocycles. The van der Waals surface area contributed by atoms with Gasteiger partial charge in [-0.1, -0.05) is 23.8 Å². The van der Waals surface area contributed by atoms with Crippen LogP contribution in [0.5, 0.6) is 0 Å². The molecule has 0 unspecified atom stereocenters. The Kier molecular flexibility index (Phi) is 3.13. The first-order chi connectivity index (χ1) is 7.56. The average molecular weight is 286 g/mol. The van der Waals surface area contributed by atoms with Crippen molar-refractivity contribution in [2.45, 2.75) is 9.92 Å². The minimum absolute atomic E-state index is 0.290. The number of thiol groups is 2. The Bertz CT molecular complexity index is 687. The summed E-state index contributed by atoms with van der Waals surface area (Å²) < 4.78 is 0.416. The SMILES string of the molecule is N#Cc1cnc2c(S)[nH]c(=S)c(S)c2c1Cl. The van der Waals surface area contributed by atoms with Gasteiger partial charge in [-0.25, -0.2) is 0 Å². The van der Waals surface area contributed by atoms with Gasteiger partial charge in [0.2, 0.25) is 0 Å². The lowest BCUT2D eigenvalue weighted by Gasteiger charge is -2.06. The van der Waals surface area contributed by atoms with E-state index in [4.69, 9.17) is 29.1 Å². The fraction of sp³-hybridized carbons (Fsp3) is 0. The van der Waals surface area contributed by atoms with Crippen LogP contribution in [0.3, 0.4) is 0 Å². The molecule has 0 aromatic carbocycles. The molecule has 0 spiro atoms. The lowest BCUT2D eigenvalue weighted by Crippen LogP contribution is -1.91. The van der Waals surface area contributed by atoms with Gasteiger partial charge >= 0.3 is 0 Å². The van der Waals surface area contributed by atoms with Crippen LogP contribution in [0.1, 0.15) is 5.56 Å². The molecule has 2 rings (SSSR count). The fourth-order valence-corrected chi connectivity index (χ4v) is 2.48. The van der Waals surface area contributed by atoms with Gasteiger partial charge < -0.3 is 4.98 Å². The summed E-state index contributed by atoms with van der Waals surface area (Å²) in [5, 5.41) is 10.2. The lowest BCUT2D eigenvalue weighted by atomic mass is 10.2. The largest absolute Gasteiger partial charge is 0.339 e. The number of H-pyrrole nitrogens is 1. The maximum absolute atomic E-state index is 8.86. The van der Waals surface area contributed by atoms with E-state index in [1.165, 1.54) is 6.20 Å². The van der Waals surface area contributed by atoms with Crippen LogP contribution < -0.4 is 0 Å². The number of halogens is 1. The van der Waals surface area contributed by atoms with E-state index in [0.29, 0.717) is 30.5 Å². The zero-order valence-electron chi connectivity index (χ0n) is 7.65. The van der Waals surface area contributed by atoms with Gasteiger partial charge in [-0.3, -0.25) is 4.98 Å². The van der Waals surface area contributed by atoms with Crippen LogP contribution in [0.25, 0.3) is 10.9 Å². The summed E-state index contributed by atoms with van der Waals surface area (Å²) in [4.78, 5) is 7.45. The highest BCUT2D eigenvalue weighted by molar-refractivity contribution is 7.81. The number of hydrogen-bond acceptors (Lipinski definition) is 5. The molecule has 0 aliphatic heterocycles. The van der Waals surface area contributed by atoms with Crippen LogP contribution in [-0.4, -0.2) is 9.97 Å². The average Bonchev–Trinajstić information content (AvgIpc) is 2.26. The second kappa shape index (κ2) is 4.26. The first-order valence-electron chi connectivity index (χ1n) is 4.08. The molecule has 1 N–H and O–H groups in total. The van der Waals surface area contributed by atoms with Crippen molar-refractivity contribution < 1.29 is 0 Å². The summed E-state index contributed by atoms with van der Waals surface area (Å²) in [6.07, 6.45) is 1.40. The number of fused-ring (bicyclic) bond motifs is 1. The number of nitrogens with one attached hydrogen (secondary N) is 1. The second-order valence-electron chi connectivity index (χ2n) is 2.97. The molecular weight excluding hydrogens is 282 g/mol. The number of nitriles is 1. The van der Waals surface area contributed by atoms with E-state index in [2.05, 4.69) is 35.2 Å². The Labute approximate surface area is 112 Å². The van der Waals surface area contributed by atoms with Crippen LogP contribution >= 0.6 is 49.1 Å². The fourth-order valence-electron chi connectivity index (χ4n) is 1.30. The van der Waals surface area contributed by atoms with Crippen molar-refractivity contribution in [1.29, 1.82) is 5.26 Å². The summed E-state index contributed by atoms with van der Waals surface area (Å²) in [6.45, 7) is 0. The third-order valence-corrected chi connectivity index (χ3v) is 3.66. The quantitative estimate of drug-likeness (QED) is 0.514. The molecule has 0 amide bonds. The standard InChI is InChI=1S/C9H4ClN3S3/c10-5-3(1-11)2-12-6-4(5)7(14)9(16)13-8(6)15/h2,14H,(H2,13,15,16).